The molecule has 1 aromatic carbocycles. The van der Waals surface area contributed by atoms with E-state index in [-0.39, 0.29) is 53.9 Å². The lowest BCUT2D eigenvalue weighted by molar-refractivity contribution is -0.0771. The van der Waals surface area contributed by atoms with E-state index in [9.17, 15) is 18.3 Å². The Bertz CT molecular complexity index is 1330. The van der Waals surface area contributed by atoms with E-state index < -0.39 is 51.9 Å². The second kappa shape index (κ2) is 16.0. The van der Waals surface area contributed by atoms with Crippen LogP contribution in [0.4, 0.5) is 4.79 Å². The van der Waals surface area contributed by atoms with Crippen molar-refractivity contribution < 1.29 is 42.0 Å². The zero-order valence-electron chi connectivity index (χ0n) is 28.9. The van der Waals surface area contributed by atoms with Crippen molar-refractivity contribution in [2.24, 2.45) is 11.8 Å². The maximum atomic E-state index is 13.6. The van der Waals surface area contributed by atoms with E-state index in [1.165, 1.54) is 7.11 Å². The third kappa shape index (κ3) is 10.4. The number of rotatable bonds is 13. The van der Waals surface area contributed by atoms with E-state index in [0.29, 0.717) is 6.42 Å². The molecule has 11 heteroatoms. The topological polar surface area (TPSA) is 130 Å². The summed E-state index contributed by atoms with van der Waals surface area (Å²) in [6, 6.07) is 8.36. The fraction of sp³-hybridized carbons (Fsp3) is 0.694. The van der Waals surface area contributed by atoms with Crippen LogP contribution in [0, 0.1) is 11.8 Å². The molecule has 1 aromatic rings. The SMILES string of the molecule is C=C1CC(C)OC1CC[C@H]1CC(C)C(=C)C(C[C@@H]2OC(CC(O)CNC(=O)OC(C)(C)C)[C@H](OC)C2CS(=O)(=O)c2ccccc2)O1. The highest BCUT2D eigenvalue weighted by Gasteiger charge is 2.49. The first-order valence-electron chi connectivity index (χ1n) is 16.8. The zero-order valence-corrected chi connectivity index (χ0v) is 29.7. The highest BCUT2D eigenvalue weighted by Crippen LogP contribution is 2.41. The van der Waals surface area contributed by atoms with Gasteiger partial charge in [0.1, 0.15) is 5.60 Å². The average molecular weight is 678 g/mol. The Kier molecular flexibility index (Phi) is 12.7. The van der Waals surface area contributed by atoms with Crippen LogP contribution in [0.25, 0.3) is 0 Å². The van der Waals surface area contributed by atoms with Crippen LogP contribution in [0.3, 0.4) is 0 Å². The standard InChI is InChI=1S/C36H55NO9S/c1-22-17-27(14-15-30-23(2)16-24(3)43-30)44-31(25(22)4)19-32-29(21-47(40,41)28-12-10-9-11-13-28)34(42-8)33(45-32)18-26(38)20-37-35(39)46-36(5,6)7/h9-13,22,24,26-27,29-34,38H,2,4,14-21H2,1,3,5-8H3,(H,37,39)/t22?,24?,26?,27-,29?,30?,31?,32-,33?,34+/m0/s1. The van der Waals surface area contributed by atoms with E-state index >= 15 is 0 Å². The third-order valence-electron chi connectivity index (χ3n) is 9.41. The Morgan fingerprint density at radius 1 is 1.06 bits per heavy atom. The van der Waals surface area contributed by atoms with E-state index in [0.717, 1.165) is 36.8 Å². The fourth-order valence-corrected chi connectivity index (χ4v) is 8.74. The van der Waals surface area contributed by atoms with Crippen molar-refractivity contribution in [1.29, 1.82) is 0 Å². The molecule has 1 amide bonds. The van der Waals surface area contributed by atoms with Crippen LogP contribution in [0.15, 0.2) is 59.5 Å². The Hall–Kier alpha value is -2.28. The van der Waals surface area contributed by atoms with Crippen molar-refractivity contribution in [1.82, 2.24) is 5.32 Å². The molecule has 4 rings (SSSR count). The number of carbonyl (C=O) groups is 1. The van der Waals surface area contributed by atoms with E-state index in [2.05, 4.69) is 32.3 Å². The van der Waals surface area contributed by atoms with Crippen molar-refractivity contribution in [3.05, 3.63) is 54.6 Å². The monoisotopic (exact) mass is 677 g/mol. The van der Waals surface area contributed by atoms with Gasteiger partial charge >= 0.3 is 6.09 Å². The van der Waals surface area contributed by atoms with E-state index in [1.807, 2.05) is 0 Å². The summed E-state index contributed by atoms with van der Waals surface area (Å²) in [4.78, 5) is 12.4. The van der Waals surface area contributed by atoms with Gasteiger partial charge in [-0.25, -0.2) is 13.2 Å². The third-order valence-corrected chi connectivity index (χ3v) is 11.2. The number of ether oxygens (including phenoxy) is 5. The summed E-state index contributed by atoms with van der Waals surface area (Å²) in [5.74, 6) is -0.515. The molecule has 10 nitrogen and oxygen atoms in total. The van der Waals surface area contributed by atoms with Crippen LogP contribution in [0.5, 0.6) is 0 Å². The predicted molar refractivity (Wildman–Crippen MR) is 180 cm³/mol. The van der Waals surface area contributed by atoms with Gasteiger partial charge in [0.25, 0.3) is 0 Å². The number of amides is 1. The first-order valence-corrected chi connectivity index (χ1v) is 18.5. The molecule has 0 spiro atoms. The molecule has 10 atom stereocenters. The van der Waals surface area contributed by atoms with Crippen LogP contribution >= 0.6 is 0 Å². The second-order valence-corrected chi connectivity index (χ2v) is 16.5. The van der Waals surface area contributed by atoms with Crippen molar-refractivity contribution in [3.8, 4) is 0 Å². The van der Waals surface area contributed by atoms with E-state index in [4.69, 9.17) is 23.7 Å². The number of methoxy groups -OCH3 is 1. The van der Waals surface area contributed by atoms with Crippen LogP contribution in [0.1, 0.15) is 73.1 Å². The highest BCUT2D eigenvalue weighted by atomic mass is 32.2. The van der Waals surface area contributed by atoms with Gasteiger partial charge in [-0.2, -0.15) is 0 Å². The predicted octanol–water partition coefficient (Wildman–Crippen LogP) is 5.39. The van der Waals surface area contributed by atoms with Crippen LogP contribution in [-0.4, -0.2) is 93.5 Å². The summed E-state index contributed by atoms with van der Waals surface area (Å²) in [6.07, 6.45) is 0.414. The highest BCUT2D eigenvalue weighted by molar-refractivity contribution is 7.91. The molecule has 3 saturated heterocycles. The lowest BCUT2D eigenvalue weighted by Gasteiger charge is -2.38. The minimum absolute atomic E-state index is 0.00418. The minimum atomic E-state index is -3.70. The summed E-state index contributed by atoms with van der Waals surface area (Å²) in [5, 5.41) is 13.5. The number of sulfone groups is 1. The molecule has 3 heterocycles. The number of hydrogen-bond acceptors (Lipinski definition) is 9. The Morgan fingerprint density at radius 2 is 1.77 bits per heavy atom. The summed E-state index contributed by atoms with van der Waals surface area (Å²) < 4.78 is 57.7. The van der Waals surface area contributed by atoms with Gasteiger partial charge in [-0.3, -0.25) is 0 Å². The molecule has 264 valence electrons. The molecule has 0 bridgehead atoms. The summed E-state index contributed by atoms with van der Waals surface area (Å²) in [7, 11) is -2.16. The largest absolute Gasteiger partial charge is 0.444 e. The molecule has 0 saturated carbocycles. The van der Waals surface area contributed by atoms with Gasteiger partial charge in [-0.15, -0.1) is 0 Å². The number of carbonyl (C=O) groups excluding carboxylic acids is 1. The van der Waals surface area contributed by atoms with E-state index in [1.54, 1.807) is 51.1 Å². The normalized spacial score (nSPS) is 32.4. The number of alkyl carbamates (subject to hydrolysis) is 1. The lowest BCUT2D eigenvalue weighted by Crippen LogP contribution is -2.41. The van der Waals surface area contributed by atoms with Gasteiger partial charge in [-0.1, -0.05) is 38.3 Å². The van der Waals surface area contributed by atoms with Gasteiger partial charge in [0, 0.05) is 32.4 Å². The molecule has 3 fully saturated rings. The quantitative estimate of drug-likeness (QED) is 0.264. The molecule has 3 aliphatic rings. The molecule has 0 aromatic heterocycles. The summed E-state index contributed by atoms with van der Waals surface area (Å²) >= 11 is 0. The van der Waals surface area contributed by atoms with Gasteiger partial charge in [0.15, 0.2) is 9.84 Å². The van der Waals surface area contributed by atoms with Crippen molar-refractivity contribution in [2.75, 3.05) is 19.4 Å². The smallest absolute Gasteiger partial charge is 0.407 e. The first-order chi connectivity index (χ1) is 22.1. The van der Waals surface area contributed by atoms with Crippen molar-refractivity contribution in [2.45, 2.75) is 132 Å². The lowest BCUT2D eigenvalue weighted by atomic mass is 9.83. The maximum Gasteiger partial charge on any atom is 0.407 e. The first kappa shape index (κ1) is 37.5. The molecule has 3 aliphatic heterocycles. The van der Waals surface area contributed by atoms with Gasteiger partial charge in [0.2, 0.25) is 0 Å². The van der Waals surface area contributed by atoms with Crippen molar-refractivity contribution >= 4 is 15.9 Å². The number of benzene rings is 1. The molecule has 0 aliphatic carbocycles. The number of hydrogen-bond donors (Lipinski definition) is 2. The minimum Gasteiger partial charge on any atom is -0.444 e. The van der Waals surface area contributed by atoms with Gasteiger partial charge in [0.05, 0.1) is 59.5 Å². The Balaban J connectivity index is 1.49. The summed E-state index contributed by atoms with van der Waals surface area (Å²) in [6.45, 7) is 18.0. The number of aliphatic hydroxyl groups excluding tert-OH is 1. The molecule has 47 heavy (non-hydrogen) atoms. The second-order valence-electron chi connectivity index (χ2n) is 14.5. The van der Waals surface area contributed by atoms with Gasteiger partial charge < -0.3 is 34.1 Å². The fourth-order valence-electron chi connectivity index (χ4n) is 7.06. The zero-order chi connectivity index (χ0) is 34.5. The molecule has 2 N–H and O–H groups in total. The summed E-state index contributed by atoms with van der Waals surface area (Å²) in [5.41, 5.74) is 1.42. The Labute approximate surface area is 281 Å². The molecule has 7 unspecified atom stereocenters. The average Bonchev–Trinajstić information content (AvgIpc) is 3.48. The van der Waals surface area contributed by atoms with Crippen LogP contribution in [0.2, 0.25) is 0 Å². The number of nitrogens with one attached hydrogen (secondary N) is 1. The molecule has 0 radical (unpaired) electrons. The van der Waals surface area contributed by atoms with Gasteiger partial charge in [-0.05, 0) is 82.6 Å². The van der Waals surface area contributed by atoms with Crippen LogP contribution in [-0.2, 0) is 33.5 Å². The van der Waals surface area contributed by atoms with Crippen molar-refractivity contribution in [3.63, 3.8) is 0 Å². The maximum absolute atomic E-state index is 13.6. The van der Waals surface area contributed by atoms with Crippen LogP contribution < -0.4 is 5.32 Å². The molecular weight excluding hydrogens is 622 g/mol. The number of aliphatic hydroxyl groups is 1. The molecular formula is C36H55NO9S. The Morgan fingerprint density at radius 3 is 2.38 bits per heavy atom.